The van der Waals surface area contributed by atoms with E-state index in [9.17, 15) is 48.5 Å². The summed E-state index contributed by atoms with van der Waals surface area (Å²) in [7, 11) is -14.5. The molecule has 0 fully saturated rings. The van der Waals surface area contributed by atoms with Gasteiger partial charge in [-0.1, -0.05) is 30.3 Å². The van der Waals surface area contributed by atoms with Gasteiger partial charge in [-0.05, 0) is 42.5 Å². The van der Waals surface area contributed by atoms with Crippen LogP contribution in [0.4, 0.5) is 34.4 Å². The summed E-state index contributed by atoms with van der Waals surface area (Å²) in [6.45, 7) is 0. The van der Waals surface area contributed by atoms with Crippen molar-refractivity contribution in [2.45, 2.75) is 14.7 Å². The summed E-state index contributed by atoms with van der Waals surface area (Å²) >= 11 is 0. The Hall–Kier alpha value is -5.84. The number of benzene rings is 4. The molecule has 0 saturated carbocycles. The van der Waals surface area contributed by atoms with E-state index < -0.39 is 67.9 Å². The van der Waals surface area contributed by atoms with E-state index in [4.69, 9.17) is 5.73 Å². The van der Waals surface area contributed by atoms with Crippen molar-refractivity contribution in [3.05, 3.63) is 107 Å². The van der Waals surface area contributed by atoms with Crippen LogP contribution in [-0.4, -0.2) is 65.4 Å². The summed E-state index contributed by atoms with van der Waals surface area (Å²) in [6.07, 6.45) is 1.01. The molecule has 0 bridgehead atoms. The van der Waals surface area contributed by atoms with Crippen molar-refractivity contribution in [1.29, 1.82) is 0 Å². The molecule has 0 aliphatic heterocycles. The average molecular weight is 740 g/mol. The molecule has 5 aromatic rings. The lowest BCUT2D eigenvalue weighted by Gasteiger charge is -2.24. The third-order valence-corrected chi connectivity index (χ3v) is 9.87. The van der Waals surface area contributed by atoms with Crippen molar-refractivity contribution in [3.8, 4) is 0 Å². The standard InChI is InChI=1S/C29H21N7O11S3/c30-25-22(50(45,46)47)12-20(23-24(25)27(38)18-7-2-1-6-17(18)26(23)37)33-15-8-9-21(49(42,43)44)19(11-15)35-29-32-13-31-28(36-29)34-14-4-3-5-16(10-14)48(39,40)41/h1-13,33H,30H2,(H,39,40,41)(H,42,43,44)(H,45,46,47)(H2,31,32,34,35,36). The first-order chi connectivity index (χ1) is 23.4. The first-order valence-electron chi connectivity index (χ1n) is 13.7. The molecule has 0 radical (unpaired) electrons. The van der Waals surface area contributed by atoms with Crippen molar-refractivity contribution in [3.63, 3.8) is 0 Å². The molecule has 0 spiro atoms. The van der Waals surface area contributed by atoms with Crippen LogP contribution < -0.4 is 22.0 Å². The lowest BCUT2D eigenvalue weighted by molar-refractivity contribution is 0.0980. The van der Waals surface area contributed by atoms with Gasteiger partial charge >= 0.3 is 0 Å². The van der Waals surface area contributed by atoms with Gasteiger partial charge in [-0.15, -0.1) is 0 Å². The number of nitrogens with one attached hydrogen (secondary N) is 3. The fraction of sp³-hybridized carbons (Fsp3) is 0. The van der Waals surface area contributed by atoms with Crippen molar-refractivity contribution in [1.82, 2.24) is 15.0 Å². The quantitative estimate of drug-likeness (QED) is 0.0871. The highest BCUT2D eigenvalue weighted by Gasteiger charge is 2.36. The van der Waals surface area contributed by atoms with Crippen LogP contribution in [0.2, 0.25) is 0 Å². The zero-order valence-electron chi connectivity index (χ0n) is 24.8. The second-order valence-electron chi connectivity index (χ2n) is 10.5. The first kappa shape index (κ1) is 34.0. The predicted octanol–water partition coefficient (Wildman–Crippen LogP) is 2.62. The number of nitrogens with zero attached hydrogens (tertiary/aromatic N) is 3. The van der Waals surface area contributed by atoms with E-state index in [0.717, 1.165) is 42.7 Å². The lowest BCUT2D eigenvalue weighted by Crippen LogP contribution is -2.25. The Morgan fingerprint density at radius 2 is 1.34 bits per heavy atom. The number of hydrogen-bond donors (Lipinski definition) is 7. The van der Waals surface area contributed by atoms with Crippen LogP contribution >= 0.6 is 0 Å². The molecule has 0 unspecified atom stereocenters. The second-order valence-corrected chi connectivity index (χ2v) is 14.7. The normalized spacial score (nSPS) is 13.5. The van der Waals surface area contributed by atoms with Crippen molar-refractivity contribution in [2.24, 2.45) is 4.99 Å². The highest BCUT2D eigenvalue weighted by atomic mass is 32.2. The van der Waals surface area contributed by atoms with Crippen LogP contribution in [0, 0.1) is 0 Å². The zero-order valence-corrected chi connectivity index (χ0v) is 27.2. The van der Waals surface area contributed by atoms with Gasteiger partial charge in [-0.25, -0.2) is 15.0 Å². The van der Waals surface area contributed by atoms with Gasteiger partial charge in [0, 0.05) is 16.8 Å². The Morgan fingerprint density at radius 1 is 0.680 bits per heavy atom. The number of nitrogen functional groups attached to an aromatic ring is 1. The number of aromatic nitrogens is 3. The van der Waals surface area contributed by atoms with E-state index in [1.807, 2.05) is 0 Å². The van der Waals surface area contributed by atoms with Gasteiger partial charge in [-0.2, -0.15) is 25.3 Å². The van der Waals surface area contributed by atoms with Crippen molar-refractivity contribution in [2.75, 3.05) is 16.4 Å². The van der Waals surface area contributed by atoms with Gasteiger partial charge in [0.25, 0.3) is 30.4 Å². The van der Waals surface area contributed by atoms with Crippen LogP contribution in [0.15, 0.2) is 98.8 Å². The van der Waals surface area contributed by atoms with E-state index in [1.54, 1.807) is 0 Å². The van der Waals surface area contributed by atoms with Crippen LogP contribution in [0.25, 0.3) is 0 Å². The zero-order chi connectivity index (χ0) is 36.2. The predicted molar refractivity (Wildman–Crippen MR) is 175 cm³/mol. The summed E-state index contributed by atoms with van der Waals surface area (Å²) in [5, 5.41) is 5.41. The number of carbonyl (C=O) groups excluding carboxylic acids is 2. The van der Waals surface area contributed by atoms with Gasteiger partial charge in [0.15, 0.2) is 11.6 Å². The molecular weight excluding hydrogens is 719 g/mol. The number of nitrogens with two attached hydrogens (primary N) is 1. The minimum Gasteiger partial charge on any atom is -0.397 e. The van der Waals surface area contributed by atoms with Gasteiger partial charge in [0.2, 0.25) is 11.6 Å². The molecule has 4 aromatic carbocycles. The SMILES string of the molecule is Nc1c(S(=O)(=O)O)cc(Nc2ccc(S(=O)(=O)O)c(Nc3ncnc(=Nc4cccc(S(=O)(=O)O)c4)[nH]3)c2)c2c1C(=O)c1ccccc1C2=O. The number of carbonyl (C=O) groups is 2. The molecule has 256 valence electrons. The van der Waals surface area contributed by atoms with Gasteiger partial charge in [0.05, 0.1) is 38.8 Å². The fourth-order valence-electron chi connectivity index (χ4n) is 5.09. The maximum atomic E-state index is 13.6. The lowest BCUT2D eigenvalue weighted by atomic mass is 9.82. The second kappa shape index (κ2) is 12.2. The molecule has 6 rings (SSSR count). The minimum atomic E-state index is -5.03. The van der Waals surface area contributed by atoms with Crippen molar-refractivity contribution >= 4 is 76.3 Å². The Labute approximate surface area is 282 Å². The Balaban J connectivity index is 1.44. The number of anilines is 5. The van der Waals surface area contributed by atoms with Gasteiger partial charge < -0.3 is 16.4 Å². The van der Waals surface area contributed by atoms with Crippen LogP contribution in [0.1, 0.15) is 31.8 Å². The molecule has 1 aliphatic rings. The maximum Gasteiger partial charge on any atom is 0.296 e. The monoisotopic (exact) mass is 739 g/mol. The number of fused-ring (bicyclic) bond motifs is 2. The molecule has 0 saturated heterocycles. The molecule has 8 N–H and O–H groups in total. The van der Waals surface area contributed by atoms with E-state index in [2.05, 4.69) is 30.6 Å². The molecular formula is C29H21N7O11S3. The number of hydrogen-bond acceptors (Lipinski definition) is 14. The number of ketones is 2. The number of aromatic amines is 1. The molecule has 21 heteroatoms. The molecule has 18 nitrogen and oxygen atoms in total. The first-order valence-corrected chi connectivity index (χ1v) is 18.1. The van der Waals surface area contributed by atoms with E-state index >= 15 is 0 Å². The third-order valence-electron chi connectivity index (χ3n) is 7.21. The molecule has 1 aliphatic carbocycles. The summed E-state index contributed by atoms with van der Waals surface area (Å²) in [6, 6.07) is 14.8. The van der Waals surface area contributed by atoms with Crippen molar-refractivity contribution < 1.29 is 48.5 Å². The van der Waals surface area contributed by atoms with Crippen LogP contribution in [0.5, 0.6) is 0 Å². The van der Waals surface area contributed by atoms with E-state index in [1.165, 1.54) is 36.4 Å². The average Bonchev–Trinajstić information content (AvgIpc) is 3.03. The summed E-state index contributed by atoms with van der Waals surface area (Å²) in [4.78, 5) is 39.8. The molecule has 1 heterocycles. The molecule has 50 heavy (non-hydrogen) atoms. The van der Waals surface area contributed by atoms with Crippen LogP contribution in [-0.2, 0) is 30.4 Å². The molecule has 0 atom stereocenters. The largest absolute Gasteiger partial charge is 0.397 e. The summed E-state index contributed by atoms with van der Waals surface area (Å²) in [5.74, 6) is -1.67. The molecule has 1 aromatic heterocycles. The Kier molecular flexibility index (Phi) is 8.33. The third kappa shape index (κ3) is 6.58. The summed E-state index contributed by atoms with van der Waals surface area (Å²) < 4.78 is 101. The topological polar surface area (TPSA) is 301 Å². The highest BCUT2D eigenvalue weighted by molar-refractivity contribution is 7.86. The van der Waals surface area contributed by atoms with E-state index in [0.29, 0.717) is 0 Å². The Morgan fingerprint density at radius 3 is 1.98 bits per heavy atom. The fourth-order valence-corrected chi connectivity index (χ4v) is 6.88. The molecule has 0 amide bonds. The number of rotatable bonds is 8. The van der Waals surface area contributed by atoms with Crippen LogP contribution in [0.3, 0.4) is 0 Å². The minimum absolute atomic E-state index is 0.00126. The van der Waals surface area contributed by atoms with Gasteiger partial charge in [0.1, 0.15) is 16.1 Å². The maximum absolute atomic E-state index is 13.6. The highest BCUT2D eigenvalue weighted by Crippen LogP contribution is 2.40. The number of H-pyrrole nitrogens is 1. The van der Waals surface area contributed by atoms with E-state index in [-0.39, 0.29) is 51.0 Å². The smallest absolute Gasteiger partial charge is 0.296 e. The Bertz CT molecular complexity index is 2700. The van der Waals surface area contributed by atoms with Gasteiger partial charge in [-0.3, -0.25) is 28.2 Å². The summed E-state index contributed by atoms with van der Waals surface area (Å²) in [5.41, 5.74) is 3.79.